The molecule has 0 radical (unpaired) electrons. The summed E-state index contributed by atoms with van der Waals surface area (Å²) in [6.07, 6.45) is 1.45. The SMILES string of the molecule is CN(NC(=O)OC(C)(C)C)C(=O)c1cc(=O)n(C2CCOCC2)cc1C(=O)O. The number of nitrogens with one attached hydrogen (secondary N) is 1. The molecule has 2 N–H and O–H groups in total. The van der Waals surface area contributed by atoms with E-state index in [4.69, 9.17) is 9.47 Å². The van der Waals surface area contributed by atoms with Crippen LogP contribution in [0.5, 0.6) is 0 Å². The molecule has 10 nitrogen and oxygen atoms in total. The highest BCUT2D eigenvalue weighted by atomic mass is 16.6. The summed E-state index contributed by atoms with van der Waals surface area (Å²) in [7, 11) is 1.24. The van der Waals surface area contributed by atoms with E-state index in [-0.39, 0.29) is 17.2 Å². The van der Waals surface area contributed by atoms with E-state index >= 15 is 0 Å². The first kappa shape index (κ1) is 21.4. The quantitative estimate of drug-likeness (QED) is 0.741. The van der Waals surface area contributed by atoms with E-state index in [0.717, 1.165) is 11.1 Å². The molecule has 10 heteroatoms. The van der Waals surface area contributed by atoms with Gasteiger partial charge in [0, 0.05) is 38.6 Å². The molecular formula is C18H25N3O7. The number of aromatic carboxylic acids is 1. The molecule has 154 valence electrons. The number of aromatic nitrogens is 1. The Morgan fingerprint density at radius 2 is 1.86 bits per heavy atom. The van der Waals surface area contributed by atoms with Gasteiger partial charge in [0.25, 0.3) is 11.5 Å². The maximum atomic E-state index is 12.6. The van der Waals surface area contributed by atoms with E-state index in [2.05, 4.69) is 5.43 Å². The Kier molecular flexibility index (Phi) is 6.45. The van der Waals surface area contributed by atoms with Gasteiger partial charge in [-0.1, -0.05) is 0 Å². The first-order chi connectivity index (χ1) is 13.0. The molecule has 0 unspecified atom stereocenters. The number of ether oxygens (including phenoxy) is 2. The molecule has 1 aliphatic rings. The number of hydrazine groups is 1. The largest absolute Gasteiger partial charge is 0.478 e. The number of pyridine rings is 1. The zero-order valence-corrected chi connectivity index (χ0v) is 16.4. The molecule has 1 aromatic heterocycles. The van der Waals surface area contributed by atoms with Gasteiger partial charge < -0.3 is 19.1 Å². The molecule has 0 aromatic carbocycles. The number of rotatable bonds is 3. The molecule has 0 aliphatic carbocycles. The highest BCUT2D eigenvalue weighted by molar-refractivity contribution is 6.04. The van der Waals surface area contributed by atoms with Gasteiger partial charge >= 0.3 is 12.1 Å². The van der Waals surface area contributed by atoms with Gasteiger partial charge in [-0.2, -0.15) is 0 Å². The van der Waals surface area contributed by atoms with Crippen LogP contribution >= 0.6 is 0 Å². The monoisotopic (exact) mass is 395 g/mol. The highest BCUT2D eigenvalue weighted by Gasteiger charge is 2.26. The van der Waals surface area contributed by atoms with Crippen LogP contribution in [0.15, 0.2) is 17.1 Å². The van der Waals surface area contributed by atoms with E-state index in [1.54, 1.807) is 20.8 Å². The molecule has 1 saturated heterocycles. The van der Waals surface area contributed by atoms with Crippen molar-refractivity contribution in [2.45, 2.75) is 45.3 Å². The summed E-state index contributed by atoms with van der Waals surface area (Å²) in [6.45, 7) is 5.93. The van der Waals surface area contributed by atoms with E-state index in [1.807, 2.05) is 0 Å². The molecule has 2 rings (SSSR count). The van der Waals surface area contributed by atoms with Gasteiger partial charge in [-0.05, 0) is 33.6 Å². The molecule has 0 bridgehead atoms. The Labute approximate surface area is 162 Å². The molecule has 0 spiro atoms. The molecule has 2 amide bonds. The minimum absolute atomic E-state index is 0.193. The maximum Gasteiger partial charge on any atom is 0.426 e. The third-order valence-electron chi connectivity index (χ3n) is 4.09. The smallest absolute Gasteiger partial charge is 0.426 e. The third kappa shape index (κ3) is 5.32. The number of hydrogen-bond acceptors (Lipinski definition) is 6. The fourth-order valence-electron chi connectivity index (χ4n) is 2.81. The normalized spacial score (nSPS) is 15.0. The number of nitrogens with zero attached hydrogens (tertiary/aromatic N) is 2. The van der Waals surface area contributed by atoms with Crippen molar-refractivity contribution in [2.24, 2.45) is 0 Å². The topological polar surface area (TPSA) is 127 Å². The molecule has 0 saturated carbocycles. The van der Waals surface area contributed by atoms with Crippen molar-refractivity contribution in [3.63, 3.8) is 0 Å². The fraction of sp³-hybridized carbons (Fsp3) is 0.556. The van der Waals surface area contributed by atoms with Crippen LogP contribution in [-0.4, -0.2) is 58.5 Å². The first-order valence-electron chi connectivity index (χ1n) is 8.84. The lowest BCUT2D eigenvalue weighted by Gasteiger charge is -2.26. The second kappa shape index (κ2) is 8.42. The van der Waals surface area contributed by atoms with Crippen LogP contribution in [0.3, 0.4) is 0 Å². The molecule has 0 atom stereocenters. The minimum atomic E-state index is -1.35. The van der Waals surface area contributed by atoms with Crippen molar-refractivity contribution in [3.8, 4) is 0 Å². The van der Waals surface area contributed by atoms with Crippen LogP contribution in [0.1, 0.15) is 60.4 Å². The van der Waals surface area contributed by atoms with Crippen molar-refractivity contribution < 1.29 is 29.0 Å². The lowest BCUT2D eigenvalue weighted by molar-refractivity contribution is 0.0334. The van der Waals surface area contributed by atoms with Crippen molar-refractivity contribution >= 4 is 18.0 Å². The van der Waals surface area contributed by atoms with Crippen molar-refractivity contribution in [2.75, 3.05) is 20.3 Å². The summed E-state index contributed by atoms with van der Waals surface area (Å²) in [5.41, 5.74) is 0.290. The molecule has 2 heterocycles. The zero-order valence-electron chi connectivity index (χ0n) is 16.4. The lowest BCUT2D eigenvalue weighted by Crippen LogP contribution is -2.46. The van der Waals surface area contributed by atoms with Gasteiger partial charge in [0.15, 0.2) is 0 Å². The van der Waals surface area contributed by atoms with Crippen molar-refractivity contribution in [1.82, 2.24) is 15.0 Å². The van der Waals surface area contributed by atoms with Crippen LogP contribution in [0, 0.1) is 0 Å². The molecule has 1 aromatic rings. The second-order valence-corrected chi connectivity index (χ2v) is 7.47. The summed E-state index contributed by atoms with van der Waals surface area (Å²) in [6, 6.07) is 0.787. The van der Waals surface area contributed by atoms with Gasteiger partial charge in [-0.3, -0.25) is 14.6 Å². The van der Waals surface area contributed by atoms with Gasteiger partial charge in [0.05, 0.1) is 11.1 Å². The lowest BCUT2D eigenvalue weighted by atomic mass is 10.1. The average molecular weight is 395 g/mol. The van der Waals surface area contributed by atoms with Gasteiger partial charge in [-0.15, -0.1) is 0 Å². The molecule has 1 fully saturated rings. The van der Waals surface area contributed by atoms with Gasteiger partial charge in [0.1, 0.15) is 5.60 Å². The Hall–Kier alpha value is -2.88. The average Bonchev–Trinajstić information content (AvgIpc) is 2.59. The number of carboxylic acid groups (broad SMARTS) is 1. The Morgan fingerprint density at radius 3 is 2.39 bits per heavy atom. The van der Waals surface area contributed by atoms with Crippen LogP contribution in [0.25, 0.3) is 0 Å². The predicted octanol–water partition coefficient (Wildman–Crippen LogP) is 1.41. The standard InChI is InChI=1S/C18H25N3O7/c1-18(2,3)28-17(26)19-20(4)15(23)12-9-14(22)21(10-13(12)16(24)25)11-5-7-27-8-6-11/h9-11H,5-8H2,1-4H3,(H,19,26)(H,24,25). The number of carboxylic acids is 1. The molecule has 1 aliphatic heterocycles. The van der Waals surface area contributed by atoms with E-state index in [0.29, 0.717) is 26.1 Å². The number of hydrogen-bond donors (Lipinski definition) is 2. The number of carbonyl (C=O) groups is 3. The first-order valence-corrected chi connectivity index (χ1v) is 8.84. The van der Waals surface area contributed by atoms with Crippen molar-refractivity contribution in [3.05, 3.63) is 33.7 Å². The molecule has 28 heavy (non-hydrogen) atoms. The Bertz CT molecular complexity index is 819. The number of amides is 2. The van der Waals surface area contributed by atoms with Crippen LogP contribution in [0.2, 0.25) is 0 Å². The van der Waals surface area contributed by atoms with Crippen LogP contribution in [-0.2, 0) is 9.47 Å². The summed E-state index contributed by atoms with van der Waals surface area (Å²) in [4.78, 5) is 48.6. The van der Waals surface area contributed by atoms with Crippen molar-refractivity contribution in [1.29, 1.82) is 0 Å². The second-order valence-electron chi connectivity index (χ2n) is 7.47. The number of carbonyl (C=O) groups excluding carboxylic acids is 2. The van der Waals surface area contributed by atoms with Crippen LogP contribution < -0.4 is 11.0 Å². The van der Waals surface area contributed by atoms with Crippen LogP contribution in [0.4, 0.5) is 4.79 Å². The zero-order chi connectivity index (χ0) is 21.1. The van der Waals surface area contributed by atoms with E-state index < -0.39 is 29.1 Å². The molecular weight excluding hydrogens is 370 g/mol. The fourth-order valence-corrected chi connectivity index (χ4v) is 2.81. The summed E-state index contributed by atoms with van der Waals surface area (Å²) in [5, 5.41) is 10.3. The van der Waals surface area contributed by atoms with Gasteiger partial charge in [0.2, 0.25) is 0 Å². The Balaban J connectivity index is 2.29. The Morgan fingerprint density at radius 1 is 1.25 bits per heavy atom. The maximum absolute atomic E-state index is 12.6. The van der Waals surface area contributed by atoms with E-state index in [9.17, 15) is 24.3 Å². The predicted molar refractivity (Wildman–Crippen MR) is 98.2 cm³/mol. The summed E-state index contributed by atoms with van der Waals surface area (Å²) in [5.74, 6) is -2.20. The summed E-state index contributed by atoms with van der Waals surface area (Å²) >= 11 is 0. The van der Waals surface area contributed by atoms with E-state index in [1.165, 1.54) is 17.8 Å². The highest BCUT2D eigenvalue weighted by Crippen LogP contribution is 2.20. The minimum Gasteiger partial charge on any atom is -0.478 e. The summed E-state index contributed by atoms with van der Waals surface area (Å²) < 4.78 is 11.6. The third-order valence-corrected chi connectivity index (χ3v) is 4.09. The van der Waals surface area contributed by atoms with Gasteiger partial charge in [-0.25, -0.2) is 15.0 Å².